The van der Waals surface area contributed by atoms with Gasteiger partial charge in [-0.25, -0.2) is 13.8 Å². The van der Waals surface area contributed by atoms with Gasteiger partial charge in [-0.15, -0.1) is 0 Å². The van der Waals surface area contributed by atoms with Gasteiger partial charge in [-0.05, 0) is 73.4 Å². The molecule has 2 aromatic heterocycles. The Labute approximate surface area is 251 Å². The van der Waals surface area contributed by atoms with Crippen molar-refractivity contribution in [1.82, 2.24) is 14.7 Å². The maximum Gasteiger partial charge on any atom is 0.254 e. The topological polar surface area (TPSA) is 64.9 Å². The molecule has 0 atom stereocenters. The molecule has 1 aliphatic carbocycles. The smallest absolute Gasteiger partial charge is 0.254 e. The Morgan fingerprint density at radius 2 is 1.79 bits per heavy atom. The second kappa shape index (κ2) is 12.0. The zero-order valence-corrected chi connectivity index (χ0v) is 25.4. The number of hydrogen-bond acceptors (Lipinski definition) is 4. The summed E-state index contributed by atoms with van der Waals surface area (Å²) in [6, 6.07) is 11.3. The number of hydrogen-bond donors (Lipinski definition) is 1. The second-order valence-corrected chi connectivity index (χ2v) is 12.3. The first-order chi connectivity index (χ1) is 20.1. The molecular formula is C32H33BrF3N3O3. The fourth-order valence-electron chi connectivity index (χ4n) is 5.65. The number of rotatable bonds is 9. The number of benzene rings is 2. The van der Waals surface area contributed by atoms with Crippen molar-refractivity contribution < 1.29 is 27.4 Å². The molecule has 42 heavy (non-hydrogen) atoms. The number of nitrogens with one attached hydrogen (secondary N) is 1. The molecule has 4 aromatic rings. The Balaban J connectivity index is 1.22. The van der Waals surface area contributed by atoms with Gasteiger partial charge < -0.3 is 19.2 Å². The summed E-state index contributed by atoms with van der Waals surface area (Å²) < 4.78 is 57.8. The first kappa shape index (κ1) is 29.9. The summed E-state index contributed by atoms with van der Waals surface area (Å²) in [4.78, 5) is 17.8. The molecule has 1 amide bonds. The lowest BCUT2D eigenvalue weighted by Gasteiger charge is -2.44. The minimum Gasteiger partial charge on any atom is -0.497 e. The third-order valence-electron chi connectivity index (χ3n) is 8.64. The van der Waals surface area contributed by atoms with Crippen LogP contribution in [0.2, 0.25) is 0 Å². The first-order valence-corrected chi connectivity index (χ1v) is 14.7. The van der Waals surface area contributed by atoms with Crippen LogP contribution >= 0.6 is 15.9 Å². The molecule has 5 rings (SSSR count). The summed E-state index contributed by atoms with van der Waals surface area (Å²) in [7, 11) is 1.52. The molecule has 2 aromatic carbocycles. The van der Waals surface area contributed by atoms with Gasteiger partial charge >= 0.3 is 0 Å². The minimum absolute atomic E-state index is 0.0813. The van der Waals surface area contributed by atoms with Gasteiger partial charge in [0.25, 0.3) is 5.91 Å². The van der Waals surface area contributed by atoms with E-state index in [0.717, 1.165) is 47.9 Å². The van der Waals surface area contributed by atoms with Gasteiger partial charge in [0.15, 0.2) is 17.4 Å². The zero-order chi connectivity index (χ0) is 30.1. The highest BCUT2D eigenvalue weighted by atomic mass is 79.9. The van der Waals surface area contributed by atoms with E-state index in [2.05, 4.69) is 41.3 Å². The van der Waals surface area contributed by atoms with Crippen molar-refractivity contribution in [2.24, 2.45) is 5.41 Å². The summed E-state index contributed by atoms with van der Waals surface area (Å²) >= 11 is 3.50. The van der Waals surface area contributed by atoms with Gasteiger partial charge in [0.1, 0.15) is 18.0 Å². The van der Waals surface area contributed by atoms with Gasteiger partial charge in [0.05, 0.1) is 18.4 Å². The predicted molar refractivity (Wildman–Crippen MR) is 157 cm³/mol. The van der Waals surface area contributed by atoms with Crippen molar-refractivity contribution in [1.29, 1.82) is 0 Å². The van der Waals surface area contributed by atoms with Crippen molar-refractivity contribution >= 4 is 27.5 Å². The summed E-state index contributed by atoms with van der Waals surface area (Å²) in [5.41, 5.74) is 1.51. The number of carbonyl (C=O) groups excluding carboxylic acids is 1. The molecule has 222 valence electrons. The van der Waals surface area contributed by atoms with Gasteiger partial charge in [-0.2, -0.15) is 4.39 Å². The molecule has 0 saturated heterocycles. The standard InChI is InChI=1S/C32H33BrF3N3O3/c1-4-32(25-17-39-14-9-21(33)15-26(39)38-25)12-10-31(2,11-13-32)19-37-30(40)23-16-24(34)29(28(36)27(23)35)42-18-20-5-7-22(41-3)8-6-20/h5-9,14-17H,4,10-13,18-19H2,1-3H3,(H,37,40). The number of pyridine rings is 1. The zero-order valence-electron chi connectivity index (χ0n) is 23.8. The lowest BCUT2D eigenvalue weighted by atomic mass is 9.62. The fourth-order valence-corrected chi connectivity index (χ4v) is 5.98. The SMILES string of the molecule is CCC1(c2cn3ccc(Br)cc3n2)CCC(C)(CNC(=O)c2cc(F)c(OCc3ccc(OC)cc3)c(F)c2F)CC1. The average molecular weight is 645 g/mol. The van der Waals surface area contributed by atoms with E-state index < -0.39 is 34.7 Å². The number of nitrogens with zero attached hydrogens (tertiary/aromatic N) is 2. The minimum atomic E-state index is -1.54. The Morgan fingerprint density at radius 3 is 2.45 bits per heavy atom. The number of fused-ring (bicyclic) bond motifs is 1. The normalized spacial score (nSPS) is 20.5. The second-order valence-electron chi connectivity index (χ2n) is 11.4. The quantitative estimate of drug-likeness (QED) is 0.189. The molecule has 0 radical (unpaired) electrons. The molecule has 0 bridgehead atoms. The number of imidazole rings is 1. The van der Waals surface area contributed by atoms with E-state index >= 15 is 0 Å². The molecule has 1 fully saturated rings. The molecule has 10 heteroatoms. The largest absolute Gasteiger partial charge is 0.497 e. The Morgan fingerprint density at radius 1 is 1.07 bits per heavy atom. The highest BCUT2D eigenvalue weighted by Crippen LogP contribution is 2.48. The van der Waals surface area contributed by atoms with Crippen molar-refractivity contribution in [2.45, 2.75) is 58.0 Å². The van der Waals surface area contributed by atoms with Crippen molar-refractivity contribution in [3.63, 3.8) is 0 Å². The number of carbonyl (C=O) groups is 1. The van der Waals surface area contributed by atoms with Crippen LogP contribution in [0.3, 0.4) is 0 Å². The van der Waals surface area contributed by atoms with E-state index in [0.29, 0.717) is 17.4 Å². The number of ether oxygens (including phenoxy) is 2. The molecule has 1 N–H and O–H groups in total. The van der Waals surface area contributed by atoms with Crippen molar-refractivity contribution in [2.75, 3.05) is 13.7 Å². The van der Waals surface area contributed by atoms with Gasteiger partial charge in [-0.1, -0.05) is 41.9 Å². The maximum absolute atomic E-state index is 14.9. The Kier molecular flexibility index (Phi) is 8.55. The van der Waals surface area contributed by atoms with Crippen LogP contribution in [0.5, 0.6) is 11.5 Å². The van der Waals surface area contributed by atoms with Gasteiger partial charge in [0, 0.05) is 28.8 Å². The highest BCUT2D eigenvalue weighted by molar-refractivity contribution is 9.10. The summed E-state index contributed by atoms with van der Waals surface area (Å²) in [6.45, 7) is 4.30. The molecule has 2 heterocycles. The van der Waals surface area contributed by atoms with Gasteiger partial charge in [-0.3, -0.25) is 4.79 Å². The lowest BCUT2D eigenvalue weighted by molar-refractivity contribution is 0.0883. The molecule has 1 aliphatic rings. The third kappa shape index (κ3) is 6.00. The van der Waals surface area contributed by atoms with Crippen LogP contribution in [0.25, 0.3) is 5.65 Å². The van der Waals surface area contributed by atoms with E-state index in [1.165, 1.54) is 7.11 Å². The summed E-state index contributed by atoms with van der Waals surface area (Å²) in [6.07, 6.45) is 8.36. The molecule has 0 spiro atoms. The van der Waals surface area contributed by atoms with Crippen LogP contribution in [-0.2, 0) is 12.0 Å². The van der Waals surface area contributed by atoms with Crippen LogP contribution in [0.4, 0.5) is 13.2 Å². The number of amides is 1. The maximum atomic E-state index is 14.9. The van der Waals surface area contributed by atoms with Crippen LogP contribution in [0.15, 0.2) is 59.3 Å². The monoisotopic (exact) mass is 643 g/mol. The number of halogens is 4. The van der Waals surface area contributed by atoms with Crippen molar-refractivity contribution in [3.8, 4) is 11.5 Å². The van der Waals surface area contributed by atoms with Crippen LogP contribution in [0.1, 0.15) is 67.6 Å². The van der Waals surface area contributed by atoms with Crippen molar-refractivity contribution in [3.05, 3.63) is 93.6 Å². The van der Waals surface area contributed by atoms with Crippen LogP contribution < -0.4 is 14.8 Å². The van der Waals surface area contributed by atoms with E-state index in [1.54, 1.807) is 24.3 Å². The Hall–Kier alpha value is -3.53. The molecule has 0 unspecified atom stereocenters. The molecule has 0 aliphatic heterocycles. The van der Waals surface area contributed by atoms with E-state index in [9.17, 15) is 18.0 Å². The predicted octanol–water partition coefficient (Wildman–Crippen LogP) is 7.76. The number of methoxy groups -OCH3 is 1. The van der Waals surface area contributed by atoms with Gasteiger partial charge in [0.2, 0.25) is 5.82 Å². The summed E-state index contributed by atoms with van der Waals surface area (Å²) in [5.74, 6) is -5.25. The van der Waals surface area contributed by atoms with E-state index in [4.69, 9.17) is 14.5 Å². The Bertz CT molecular complexity index is 1600. The lowest BCUT2D eigenvalue weighted by Crippen LogP contribution is -2.42. The molecular weight excluding hydrogens is 611 g/mol. The fraction of sp³-hybridized carbons (Fsp3) is 0.375. The molecule has 6 nitrogen and oxygen atoms in total. The van der Waals surface area contributed by atoms with Crippen LogP contribution in [0, 0.1) is 22.9 Å². The van der Waals surface area contributed by atoms with E-state index in [-0.39, 0.29) is 24.0 Å². The number of aromatic nitrogens is 2. The molecule has 1 saturated carbocycles. The third-order valence-corrected chi connectivity index (χ3v) is 9.13. The van der Waals surface area contributed by atoms with E-state index in [1.807, 2.05) is 22.7 Å². The average Bonchev–Trinajstić information content (AvgIpc) is 3.42. The first-order valence-electron chi connectivity index (χ1n) is 13.9. The highest BCUT2D eigenvalue weighted by Gasteiger charge is 2.42. The summed E-state index contributed by atoms with van der Waals surface area (Å²) in [5, 5.41) is 2.72. The van der Waals surface area contributed by atoms with Crippen LogP contribution in [-0.4, -0.2) is 28.9 Å².